The highest BCUT2D eigenvalue weighted by Gasteiger charge is 2.14. The first-order valence-electron chi connectivity index (χ1n) is 6.79. The SMILES string of the molecule is CCNC(C)CCCN1CCCOC(C)C1. The Labute approximate surface area is 101 Å². The summed E-state index contributed by atoms with van der Waals surface area (Å²) in [6.45, 7) is 12.2. The van der Waals surface area contributed by atoms with Crippen LogP contribution < -0.4 is 5.32 Å². The van der Waals surface area contributed by atoms with E-state index in [1.807, 2.05) is 0 Å². The van der Waals surface area contributed by atoms with Crippen LogP contribution in [-0.4, -0.2) is 49.8 Å². The van der Waals surface area contributed by atoms with Crippen LogP contribution in [0, 0.1) is 0 Å². The van der Waals surface area contributed by atoms with Gasteiger partial charge in [-0.15, -0.1) is 0 Å². The maximum absolute atomic E-state index is 5.65. The molecule has 1 fully saturated rings. The third kappa shape index (κ3) is 5.83. The van der Waals surface area contributed by atoms with E-state index in [0.29, 0.717) is 12.1 Å². The molecule has 96 valence electrons. The molecule has 1 saturated heterocycles. The van der Waals surface area contributed by atoms with E-state index < -0.39 is 0 Å². The van der Waals surface area contributed by atoms with Gasteiger partial charge in [-0.25, -0.2) is 0 Å². The predicted octanol–water partition coefficient (Wildman–Crippen LogP) is 1.88. The molecule has 0 radical (unpaired) electrons. The molecule has 1 heterocycles. The van der Waals surface area contributed by atoms with E-state index in [0.717, 1.165) is 19.7 Å². The summed E-state index contributed by atoms with van der Waals surface area (Å²) in [5.74, 6) is 0. The van der Waals surface area contributed by atoms with Crippen molar-refractivity contribution in [3.8, 4) is 0 Å². The average molecular weight is 228 g/mol. The smallest absolute Gasteiger partial charge is 0.0673 e. The molecule has 0 aromatic carbocycles. The molecule has 1 N–H and O–H groups in total. The highest BCUT2D eigenvalue weighted by molar-refractivity contribution is 4.68. The number of hydrogen-bond acceptors (Lipinski definition) is 3. The predicted molar refractivity (Wildman–Crippen MR) is 68.8 cm³/mol. The number of nitrogens with one attached hydrogen (secondary N) is 1. The third-order valence-electron chi connectivity index (χ3n) is 3.20. The Morgan fingerprint density at radius 3 is 3.06 bits per heavy atom. The van der Waals surface area contributed by atoms with E-state index in [9.17, 15) is 0 Å². The molecule has 2 atom stereocenters. The first-order valence-corrected chi connectivity index (χ1v) is 6.79. The van der Waals surface area contributed by atoms with Crippen molar-refractivity contribution >= 4 is 0 Å². The minimum atomic E-state index is 0.411. The standard InChI is InChI=1S/C13H28N2O/c1-4-14-12(2)7-5-8-15-9-6-10-16-13(3)11-15/h12-14H,4-11H2,1-3H3. The molecule has 0 aromatic rings. The van der Waals surface area contributed by atoms with Crippen molar-refractivity contribution in [3.63, 3.8) is 0 Å². The van der Waals surface area contributed by atoms with Crippen molar-refractivity contribution in [1.29, 1.82) is 0 Å². The number of ether oxygens (including phenoxy) is 1. The van der Waals surface area contributed by atoms with Gasteiger partial charge in [-0.2, -0.15) is 0 Å². The fourth-order valence-corrected chi connectivity index (χ4v) is 2.35. The summed E-state index contributed by atoms with van der Waals surface area (Å²) in [6, 6.07) is 0.658. The maximum atomic E-state index is 5.65. The average Bonchev–Trinajstić information content (AvgIpc) is 2.43. The zero-order valence-electron chi connectivity index (χ0n) is 11.2. The van der Waals surface area contributed by atoms with Gasteiger partial charge in [0.1, 0.15) is 0 Å². The largest absolute Gasteiger partial charge is 0.377 e. The molecule has 3 heteroatoms. The number of rotatable bonds is 6. The molecule has 0 bridgehead atoms. The molecule has 0 aromatic heterocycles. The van der Waals surface area contributed by atoms with Crippen molar-refractivity contribution in [3.05, 3.63) is 0 Å². The Balaban J connectivity index is 2.11. The summed E-state index contributed by atoms with van der Waals surface area (Å²) in [7, 11) is 0. The first-order chi connectivity index (χ1) is 7.72. The molecular weight excluding hydrogens is 200 g/mol. The third-order valence-corrected chi connectivity index (χ3v) is 3.20. The van der Waals surface area contributed by atoms with Crippen LogP contribution in [0.15, 0.2) is 0 Å². The quantitative estimate of drug-likeness (QED) is 0.751. The zero-order valence-corrected chi connectivity index (χ0v) is 11.2. The van der Waals surface area contributed by atoms with Gasteiger partial charge in [0.05, 0.1) is 6.10 Å². The van der Waals surface area contributed by atoms with Gasteiger partial charge in [0.25, 0.3) is 0 Å². The molecule has 0 amide bonds. The van der Waals surface area contributed by atoms with Crippen LogP contribution in [0.4, 0.5) is 0 Å². The van der Waals surface area contributed by atoms with Gasteiger partial charge < -0.3 is 15.0 Å². The van der Waals surface area contributed by atoms with E-state index in [1.54, 1.807) is 0 Å². The van der Waals surface area contributed by atoms with Gasteiger partial charge in [-0.05, 0) is 46.2 Å². The van der Waals surface area contributed by atoms with Crippen molar-refractivity contribution in [2.24, 2.45) is 0 Å². The number of hydrogen-bond donors (Lipinski definition) is 1. The zero-order chi connectivity index (χ0) is 11.8. The fraction of sp³-hybridized carbons (Fsp3) is 1.00. The molecule has 1 aliphatic heterocycles. The van der Waals surface area contributed by atoms with Crippen LogP contribution >= 0.6 is 0 Å². The summed E-state index contributed by atoms with van der Waals surface area (Å²) in [4.78, 5) is 2.55. The highest BCUT2D eigenvalue weighted by Crippen LogP contribution is 2.07. The second-order valence-corrected chi connectivity index (χ2v) is 4.94. The summed E-state index contributed by atoms with van der Waals surface area (Å²) >= 11 is 0. The topological polar surface area (TPSA) is 24.5 Å². The summed E-state index contributed by atoms with van der Waals surface area (Å²) in [5.41, 5.74) is 0. The van der Waals surface area contributed by atoms with E-state index in [-0.39, 0.29) is 0 Å². The van der Waals surface area contributed by atoms with Crippen LogP contribution in [-0.2, 0) is 4.74 Å². The molecule has 1 rings (SSSR count). The lowest BCUT2D eigenvalue weighted by molar-refractivity contribution is 0.0675. The molecule has 1 aliphatic rings. The van der Waals surface area contributed by atoms with E-state index in [4.69, 9.17) is 4.74 Å². The van der Waals surface area contributed by atoms with Crippen molar-refractivity contribution in [1.82, 2.24) is 10.2 Å². The molecule has 2 unspecified atom stereocenters. The van der Waals surface area contributed by atoms with Crippen LogP contribution in [0.5, 0.6) is 0 Å². The number of nitrogens with zero attached hydrogens (tertiary/aromatic N) is 1. The summed E-state index contributed by atoms with van der Waals surface area (Å²) < 4.78 is 5.65. The van der Waals surface area contributed by atoms with Crippen molar-refractivity contribution in [2.75, 3.05) is 32.8 Å². The van der Waals surface area contributed by atoms with E-state index >= 15 is 0 Å². The van der Waals surface area contributed by atoms with Gasteiger partial charge in [-0.1, -0.05) is 6.92 Å². The molecule has 16 heavy (non-hydrogen) atoms. The Morgan fingerprint density at radius 2 is 2.31 bits per heavy atom. The molecule has 0 spiro atoms. The Kier molecular flexibility index (Phi) is 7.01. The lowest BCUT2D eigenvalue weighted by atomic mass is 10.1. The lowest BCUT2D eigenvalue weighted by Crippen LogP contribution is -2.32. The van der Waals surface area contributed by atoms with E-state index in [2.05, 4.69) is 31.0 Å². The van der Waals surface area contributed by atoms with Crippen LogP contribution in [0.3, 0.4) is 0 Å². The lowest BCUT2D eigenvalue weighted by Gasteiger charge is -2.22. The van der Waals surface area contributed by atoms with Gasteiger partial charge >= 0.3 is 0 Å². The Morgan fingerprint density at radius 1 is 1.50 bits per heavy atom. The van der Waals surface area contributed by atoms with Gasteiger partial charge in [0.2, 0.25) is 0 Å². The molecular formula is C13H28N2O. The monoisotopic (exact) mass is 228 g/mol. The maximum Gasteiger partial charge on any atom is 0.0673 e. The Bertz CT molecular complexity index is 175. The molecule has 0 saturated carbocycles. The van der Waals surface area contributed by atoms with Crippen LogP contribution in [0.2, 0.25) is 0 Å². The fourth-order valence-electron chi connectivity index (χ4n) is 2.35. The normalized spacial score (nSPS) is 25.3. The minimum absolute atomic E-state index is 0.411. The molecule has 3 nitrogen and oxygen atoms in total. The summed E-state index contributed by atoms with van der Waals surface area (Å²) in [6.07, 6.45) is 4.17. The summed E-state index contributed by atoms with van der Waals surface area (Å²) in [5, 5.41) is 3.46. The Hall–Kier alpha value is -0.120. The van der Waals surface area contributed by atoms with Crippen LogP contribution in [0.1, 0.15) is 40.0 Å². The van der Waals surface area contributed by atoms with Crippen molar-refractivity contribution < 1.29 is 4.74 Å². The van der Waals surface area contributed by atoms with Gasteiger partial charge in [0, 0.05) is 25.7 Å². The van der Waals surface area contributed by atoms with Gasteiger partial charge in [-0.3, -0.25) is 0 Å². The second-order valence-electron chi connectivity index (χ2n) is 4.94. The first kappa shape index (κ1) is 13.9. The highest BCUT2D eigenvalue weighted by atomic mass is 16.5. The van der Waals surface area contributed by atoms with Crippen molar-refractivity contribution in [2.45, 2.75) is 52.2 Å². The van der Waals surface area contributed by atoms with Gasteiger partial charge in [0.15, 0.2) is 0 Å². The molecule has 0 aliphatic carbocycles. The van der Waals surface area contributed by atoms with Crippen LogP contribution in [0.25, 0.3) is 0 Å². The van der Waals surface area contributed by atoms with E-state index in [1.165, 1.54) is 32.4 Å². The minimum Gasteiger partial charge on any atom is -0.377 e. The second kappa shape index (κ2) is 8.04.